The first-order valence-electron chi connectivity index (χ1n) is 16.7. The van der Waals surface area contributed by atoms with Gasteiger partial charge in [0.15, 0.2) is 0 Å². The van der Waals surface area contributed by atoms with Crippen molar-refractivity contribution in [1.29, 1.82) is 0 Å². The van der Waals surface area contributed by atoms with Crippen molar-refractivity contribution in [3.8, 4) is 11.1 Å². The molecule has 4 heteroatoms. The van der Waals surface area contributed by atoms with Crippen molar-refractivity contribution in [2.24, 2.45) is 0 Å². The van der Waals surface area contributed by atoms with E-state index in [0.717, 1.165) is 5.02 Å². The van der Waals surface area contributed by atoms with Gasteiger partial charge in [-0.25, -0.2) is 0 Å². The normalized spacial score (nSPS) is 15.8. The number of fused-ring (bicyclic) bond motifs is 8. The average molecular weight is 650 g/mol. The Morgan fingerprint density at radius 1 is 0.652 bits per heavy atom. The average Bonchev–Trinajstić information content (AvgIpc) is 3.57. The minimum Gasteiger partial charge on any atom is -0.310 e. The summed E-state index contributed by atoms with van der Waals surface area (Å²) in [5.41, 5.74) is 8.00. The van der Waals surface area contributed by atoms with E-state index in [1.165, 1.54) is 102 Å². The summed E-state index contributed by atoms with van der Waals surface area (Å²) in [7, 11) is -2.05. The van der Waals surface area contributed by atoms with E-state index in [9.17, 15) is 0 Å². The van der Waals surface area contributed by atoms with Crippen LogP contribution in [0.25, 0.3) is 42.1 Å². The molecule has 7 aromatic rings. The lowest BCUT2D eigenvalue weighted by Gasteiger charge is -2.29. The summed E-state index contributed by atoms with van der Waals surface area (Å²) in [4.78, 5) is 2.50. The highest BCUT2D eigenvalue weighted by Gasteiger charge is 2.42. The molecule has 0 unspecified atom stereocenters. The van der Waals surface area contributed by atoms with Gasteiger partial charge in [0.1, 0.15) is 8.07 Å². The van der Waals surface area contributed by atoms with Crippen molar-refractivity contribution in [3.05, 3.63) is 126 Å². The fourth-order valence-electron chi connectivity index (χ4n) is 8.56. The van der Waals surface area contributed by atoms with Crippen LogP contribution >= 0.6 is 22.9 Å². The third-order valence-corrected chi connectivity index (χ3v) is 15.5. The van der Waals surface area contributed by atoms with Gasteiger partial charge in [-0.05, 0) is 106 Å². The maximum absolute atomic E-state index is 6.97. The second-order valence-electron chi connectivity index (χ2n) is 13.7. The van der Waals surface area contributed by atoms with E-state index >= 15 is 0 Å². The smallest absolute Gasteiger partial charge is 0.114 e. The lowest BCUT2D eigenvalue weighted by molar-refractivity contribution is 0.444. The Morgan fingerprint density at radius 2 is 1.35 bits per heavy atom. The number of anilines is 3. The van der Waals surface area contributed by atoms with E-state index in [2.05, 4.69) is 133 Å². The van der Waals surface area contributed by atoms with Crippen LogP contribution in [0, 0.1) is 0 Å². The van der Waals surface area contributed by atoms with Gasteiger partial charge in [0, 0.05) is 42.0 Å². The van der Waals surface area contributed by atoms with Gasteiger partial charge in [-0.15, -0.1) is 11.3 Å². The van der Waals surface area contributed by atoms with Crippen LogP contribution in [0.4, 0.5) is 17.1 Å². The summed E-state index contributed by atoms with van der Waals surface area (Å²) < 4.78 is 2.66. The molecule has 0 N–H and O–H groups in total. The largest absolute Gasteiger partial charge is 0.310 e. The predicted molar refractivity (Wildman–Crippen MR) is 205 cm³/mol. The minimum atomic E-state index is -2.05. The van der Waals surface area contributed by atoms with Crippen LogP contribution in [-0.2, 0) is 0 Å². The Bertz CT molecular complexity index is 2300. The molecule has 2 aliphatic rings. The molecule has 1 aliphatic heterocycles. The van der Waals surface area contributed by atoms with Crippen molar-refractivity contribution >= 4 is 89.4 Å². The highest BCUT2D eigenvalue weighted by atomic mass is 35.5. The summed E-state index contributed by atoms with van der Waals surface area (Å²) in [5, 5.41) is 9.31. The van der Waals surface area contributed by atoms with Crippen LogP contribution in [0.1, 0.15) is 43.6 Å². The van der Waals surface area contributed by atoms with Crippen LogP contribution < -0.4 is 15.3 Å². The van der Waals surface area contributed by atoms with Crippen LogP contribution in [0.5, 0.6) is 0 Å². The molecule has 0 amide bonds. The molecule has 1 aliphatic carbocycles. The first-order valence-corrected chi connectivity index (χ1v) is 20.9. The van der Waals surface area contributed by atoms with Gasteiger partial charge < -0.3 is 4.90 Å². The highest BCUT2D eigenvalue weighted by molar-refractivity contribution is 7.25. The van der Waals surface area contributed by atoms with Crippen molar-refractivity contribution < 1.29 is 0 Å². The standard InChI is InChI=1S/C42H36ClNSSi/c1-46(2)40-24-28(43)23-34(27-13-5-3-6-14-27)41(40)36-26-37(31-17-9-10-19-33(31)42(36)46)44(29-15-7-4-8-16-29)30-21-22-39-35(25-30)32-18-11-12-20-38(32)45-39/h4,7-12,15-27H,3,5-6,13-14H2,1-2H3. The number of thiophene rings is 1. The van der Waals surface area contributed by atoms with Crippen molar-refractivity contribution in [1.82, 2.24) is 0 Å². The van der Waals surface area contributed by atoms with Gasteiger partial charge in [-0.2, -0.15) is 0 Å². The molecule has 0 radical (unpaired) electrons. The van der Waals surface area contributed by atoms with E-state index in [-0.39, 0.29) is 0 Å². The molecule has 0 bridgehead atoms. The quantitative estimate of drug-likeness (QED) is 0.171. The van der Waals surface area contributed by atoms with Gasteiger partial charge in [0.2, 0.25) is 0 Å². The number of para-hydroxylation sites is 1. The van der Waals surface area contributed by atoms with Crippen molar-refractivity contribution in [2.45, 2.75) is 51.1 Å². The molecule has 1 nitrogen and oxygen atoms in total. The van der Waals surface area contributed by atoms with E-state index in [1.807, 2.05) is 11.3 Å². The maximum atomic E-state index is 6.97. The minimum absolute atomic E-state index is 0.575. The SMILES string of the molecule is C[Si]1(C)c2cc(Cl)cc(C3CCCCC3)c2-c2cc(N(c3ccccc3)c3ccc4sc5ccccc5c4c3)c3ccccc3c21. The second-order valence-corrected chi connectivity index (χ2v) is 19.5. The third-order valence-electron chi connectivity index (χ3n) is 10.6. The monoisotopic (exact) mass is 649 g/mol. The molecule has 0 atom stereocenters. The number of halogens is 1. The Kier molecular flexibility index (Phi) is 6.68. The fourth-order valence-corrected chi connectivity index (χ4v) is 13.4. The lowest BCUT2D eigenvalue weighted by atomic mass is 9.80. The number of nitrogens with zero attached hydrogens (tertiary/aromatic N) is 1. The Hall–Kier alpha value is -3.89. The van der Waals surface area contributed by atoms with Gasteiger partial charge >= 0.3 is 0 Å². The number of hydrogen-bond donors (Lipinski definition) is 0. The summed E-state index contributed by atoms with van der Waals surface area (Å²) in [5.74, 6) is 0.575. The molecule has 46 heavy (non-hydrogen) atoms. The molecule has 9 rings (SSSR count). The maximum Gasteiger partial charge on any atom is 0.114 e. The van der Waals surface area contributed by atoms with Gasteiger partial charge in [0.05, 0.1) is 5.69 Å². The van der Waals surface area contributed by atoms with Gasteiger partial charge in [-0.3, -0.25) is 0 Å². The van der Waals surface area contributed by atoms with E-state index in [0.29, 0.717) is 5.92 Å². The summed E-state index contributed by atoms with van der Waals surface area (Å²) in [6, 6.07) is 43.1. The van der Waals surface area contributed by atoms with E-state index < -0.39 is 8.07 Å². The van der Waals surface area contributed by atoms with Crippen molar-refractivity contribution in [3.63, 3.8) is 0 Å². The van der Waals surface area contributed by atoms with Crippen LogP contribution in [-0.4, -0.2) is 8.07 Å². The van der Waals surface area contributed by atoms with E-state index in [1.54, 1.807) is 5.19 Å². The topological polar surface area (TPSA) is 3.24 Å². The molecule has 1 saturated carbocycles. The van der Waals surface area contributed by atoms with E-state index in [4.69, 9.17) is 11.6 Å². The molecule has 6 aromatic carbocycles. The summed E-state index contributed by atoms with van der Waals surface area (Å²) in [6.45, 7) is 5.07. The molecule has 0 spiro atoms. The zero-order valence-electron chi connectivity index (χ0n) is 26.3. The van der Waals surface area contributed by atoms with Crippen LogP contribution in [0.3, 0.4) is 0 Å². The zero-order valence-corrected chi connectivity index (χ0v) is 28.9. The van der Waals surface area contributed by atoms with Crippen LogP contribution in [0.2, 0.25) is 18.1 Å². The van der Waals surface area contributed by atoms with Crippen molar-refractivity contribution in [2.75, 3.05) is 4.90 Å². The number of benzene rings is 6. The highest BCUT2D eigenvalue weighted by Crippen LogP contribution is 2.48. The molecular formula is C42H36ClNSSi. The second kappa shape index (κ2) is 10.8. The fraction of sp³-hybridized carbons (Fsp3) is 0.190. The molecule has 226 valence electrons. The van der Waals surface area contributed by atoms with Gasteiger partial charge in [-0.1, -0.05) is 105 Å². The molecular weight excluding hydrogens is 614 g/mol. The molecule has 2 heterocycles. The van der Waals surface area contributed by atoms with Crippen LogP contribution in [0.15, 0.2) is 115 Å². The summed E-state index contributed by atoms with van der Waals surface area (Å²) in [6.07, 6.45) is 6.49. The number of rotatable bonds is 4. The Labute approximate surface area is 281 Å². The molecule has 0 saturated heterocycles. The number of hydrogen-bond acceptors (Lipinski definition) is 2. The Morgan fingerprint density at radius 3 is 2.15 bits per heavy atom. The predicted octanol–water partition coefficient (Wildman–Crippen LogP) is 12.2. The zero-order chi connectivity index (χ0) is 31.0. The lowest BCUT2D eigenvalue weighted by Crippen LogP contribution is -2.49. The third kappa shape index (κ3) is 4.32. The first kappa shape index (κ1) is 28.3. The first-order chi connectivity index (χ1) is 22.5. The summed E-state index contributed by atoms with van der Waals surface area (Å²) >= 11 is 8.85. The molecule has 1 aromatic heterocycles. The van der Waals surface area contributed by atoms with Gasteiger partial charge in [0.25, 0.3) is 0 Å². The molecule has 1 fully saturated rings. The Balaban J connectivity index is 1.35.